The Labute approximate surface area is 121 Å². The summed E-state index contributed by atoms with van der Waals surface area (Å²) in [7, 11) is 0. The summed E-state index contributed by atoms with van der Waals surface area (Å²) >= 11 is 0. The van der Waals surface area contributed by atoms with E-state index in [0.29, 0.717) is 0 Å². The van der Waals surface area contributed by atoms with Gasteiger partial charge in [0, 0.05) is 6.54 Å². The molecule has 1 aliphatic heterocycles. The summed E-state index contributed by atoms with van der Waals surface area (Å²) in [5, 5.41) is 0. The van der Waals surface area contributed by atoms with Gasteiger partial charge in [-0.1, -0.05) is 42.5 Å². The van der Waals surface area contributed by atoms with E-state index in [4.69, 9.17) is 4.74 Å². The first-order chi connectivity index (χ1) is 9.29. The lowest BCUT2D eigenvalue weighted by Crippen LogP contribution is -2.28. The van der Waals surface area contributed by atoms with Gasteiger partial charge >= 0.3 is 5.97 Å². The van der Waals surface area contributed by atoms with Gasteiger partial charge in [-0.25, -0.2) is 0 Å². The molecule has 1 aliphatic rings. The minimum absolute atomic E-state index is 0.102. The van der Waals surface area contributed by atoms with Gasteiger partial charge in [-0.15, -0.1) is 0 Å². The van der Waals surface area contributed by atoms with Crippen molar-refractivity contribution in [1.29, 1.82) is 0 Å². The standard InChI is InChI=1S/C17H23NO2/c1-12(2)14-15(16(19)20-17(3,4)5)18(14)11-13-9-7-6-8-10-13/h6-10,14-15H,1,11H2,2-5H3/t14-,15+,18?/m0/s1. The Kier molecular flexibility index (Phi) is 4.00. The van der Waals surface area contributed by atoms with E-state index in [2.05, 4.69) is 23.6 Å². The molecule has 108 valence electrons. The Morgan fingerprint density at radius 3 is 2.35 bits per heavy atom. The second kappa shape index (κ2) is 5.41. The molecule has 1 aromatic carbocycles. The summed E-state index contributed by atoms with van der Waals surface area (Å²) < 4.78 is 5.49. The van der Waals surface area contributed by atoms with Gasteiger partial charge in [-0.2, -0.15) is 0 Å². The fourth-order valence-corrected chi connectivity index (χ4v) is 2.45. The van der Waals surface area contributed by atoms with Crippen molar-refractivity contribution in [2.75, 3.05) is 0 Å². The highest BCUT2D eigenvalue weighted by Crippen LogP contribution is 2.36. The molecule has 1 aromatic rings. The Morgan fingerprint density at radius 2 is 1.85 bits per heavy atom. The smallest absolute Gasteiger partial charge is 0.325 e. The molecule has 0 amide bonds. The molecule has 0 aliphatic carbocycles. The van der Waals surface area contributed by atoms with Gasteiger partial charge < -0.3 is 4.74 Å². The molecule has 0 N–H and O–H groups in total. The molecule has 0 saturated carbocycles. The number of carbonyl (C=O) groups excluding carboxylic acids is 1. The van der Waals surface area contributed by atoms with Crippen molar-refractivity contribution in [1.82, 2.24) is 4.90 Å². The fourth-order valence-electron chi connectivity index (χ4n) is 2.45. The summed E-state index contributed by atoms with van der Waals surface area (Å²) in [5.41, 5.74) is 1.76. The van der Waals surface area contributed by atoms with Crippen LogP contribution in [0.3, 0.4) is 0 Å². The van der Waals surface area contributed by atoms with Crippen molar-refractivity contribution in [2.45, 2.75) is 51.9 Å². The normalized spacial score (nSPS) is 25.1. The predicted molar refractivity (Wildman–Crippen MR) is 80.2 cm³/mol. The van der Waals surface area contributed by atoms with Gasteiger partial charge in [-0.3, -0.25) is 9.69 Å². The largest absolute Gasteiger partial charge is 0.459 e. The highest BCUT2D eigenvalue weighted by atomic mass is 16.6. The van der Waals surface area contributed by atoms with E-state index in [1.807, 2.05) is 45.9 Å². The molecule has 2 rings (SSSR count). The molecule has 20 heavy (non-hydrogen) atoms. The average Bonchev–Trinajstić information content (AvgIpc) is 3.02. The molecule has 1 heterocycles. The predicted octanol–water partition coefficient (Wildman–Crippen LogP) is 3.16. The van der Waals surface area contributed by atoms with Crippen LogP contribution in [0.25, 0.3) is 0 Å². The van der Waals surface area contributed by atoms with Crippen LogP contribution in [0.15, 0.2) is 42.5 Å². The molecule has 3 heteroatoms. The van der Waals surface area contributed by atoms with Crippen LogP contribution in [0.2, 0.25) is 0 Å². The number of esters is 1. The quantitative estimate of drug-likeness (QED) is 0.479. The molecular weight excluding hydrogens is 250 g/mol. The Bertz CT molecular complexity index is 501. The molecule has 3 nitrogen and oxygen atoms in total. The maximum Gasteiger partial charge on any atom is 0.325 e. The van der Waals surface area contributed by atoms with Gasteiger partial charge in [0.05, 0.1) is 6.04 Å². The first-order valence-corrected chi connectivity index (χ1v) is 6.97. The number of nitrogens with zero attached hydrogens (tertiary/aromatic N) is 1. The molecule has 0 bridgehead atoms. The van der Waals surface area contributed by atoms with Crippen molar-refractivity contribution in [2.24, 2.45) is 0 Å². The lowest BCUT2D eigenvalue weighted by molar-refractivity contribution is -0.155. The zero-order valence-corrected chi connectivity index (χ0v) is 12.7. The summed E-state index contributed by atoms with van der Waals surface area (Å²) in [5.74, 6) is -0.151. The van der Waals surface area contributed by atoms with Crippen LogP contribution in [0, 0.1) is 0 Å². The van der Waals surface area contributed by atoms with Crippen LogP contribution < -0.4 is 0 Å². The number of benzene rings is 1. The molecule has 3 atom stereocenters. The van der Waals surface area contributed by atoms with E-state index in [1.54, 1.807) is 0 Å². The molecule has 1 fully saturated rings. The van der Waals surface area contributed by atoms with Crippen molar-refractivity contribution in [3.05, 3.63) is 48.0 Å². The minimum Gasteiger partial charge on any atom is -0.459 e. The second-order valence-corrected chi connectivity index (χ2v) is 6.43. The number of hydrogen-bond donors (Lipinski definition) is 0. The van der Waals surface area contributed by atoms with Crippen LogP contribution in [-0.4, -0.2) is 28.6 Å². The highest BCUT2D eigenvalue weighted by molar-refractivity contribution is 5.81. The van der Waals surface area contributed by atoms with Crippen molar-refractivity contribution in [3.8, 4) is 0 Å². The van der Waals surface area contributed by atoms with E-state index in [1.165, 1.54) is 5.56 Å². The highest BCUT2D eigenvalue weighted by Gasteiger charge is 2.54. The van der Waals surface area contributed by atoms with Gasteiger partial charge in [-0.05, 0) is 33.3 Å². The first kappa shape index (κ1) is 14.8. The first-order valence-electron chi connectivity index (χ1n) is 6.97. The monoisotopic (exact) mass is 273 g/mol. The zero-order chi connectivity index (χ0) is 14.9. The van der Waals surface area contributed by atoms with E-state index >= 15 is 0 Å². The van der Waals surface area contributed by atoms with Crippen LogP contribution in [0.4, 0.5) is 0 Å². The summed E-state index contributed by atoms with van der Waals surface area (Å²) in [6.07, 6.45) is 0. The Morgan fingerprint density at radius 1 is 1.25 bits per heavy atom. The molecule has 1 saturated heterocycles. The fraction of sp³-hybridized carbons (Fsp3) is 0.471. The maximum atomic E-state index is 12.2. The van der Waals surface area contributed by atoms with Crippen LogP contribution in [0.5, 0.6) is 0 Å². The molecule has 0 aromatic heterocycles. The molecule has 0 radical (unpaired) electrons. The van der Waals surface area contributed by atoms with Crippen molar-refractivity contribution in [3.63, 3.8) is 0 Å². The SMILES string of the molecule is C=C(C)[C@H]1[C@H](C(=O)OC(C)(C)C)N1Cc1ccccc1. The zero-order valence-electron chi connectivity index (χ0n) is 12.7. The van der Waals surface area contributed by atoms with E-state index in [9.17, 15) is 4.79 Å². The lowest BCUT2D eigenvalue weighted by Gasteiger charge is -2.19. The second-order valence-electron chi connectivity index (χ2n) is 6.43. The number of carbonyl (C=O) groups is 1. The lowest BCUT2D eigenvalue weighted by atomic mass is 10.1. The van der Waals surface area contributed by atoms with Crippen LogP contribution >= 0.6 is 0 Å². The third-order valence-corrected chi connectivity index (χ3v) is 3.29. The van der Waals surface area contributed by atoms with Crippen LogP contribution in [-0.2, 0) is 16.1 Å². The number of hydrogen-bond acceptors (Lipinski definition) is 3. The molecular formula is C17H23NO2. The Hall–Kier alpha value is -1.61. The number of ether oxygens (including phenoxy) is 1. The molecule has 0 spiro atoms. The van der Waals surface area contributed by atoms with Gasteiger partial charge in [0.2, 0.25) is 0 Å². The average molecular weight is 273 g/mol. The number of rotatable bonds is 4. The molecule has 1 unspecified atom stereocenters. The summed E-state index contributed by atoms with van der Waals surface area (Å²) in [6.45, 7) is 12.4. The van der Waals surface area contributed by atoms with Crippen molar-refractivity contribution >= 4 is 5.97 Å². The Balaban J connectivity index is 2.05. The third kappa shape index (κ3) is 3.48. The van der Waals surface area contributed by atoms with Gasteiger partial charge in [0.25, 0.3) is 0 Å². The van der Waals surface area contributed by atoms with E-state index < -0.39 is 5.60 Å². The summed E-state index contributed by atoms with van der Waals surface area (Å²) in [6, 6.07) is 10.1. The van der Waals surface area contributed by atoms with Gasteiger partial charge in [0.1, 0.15) is 11.6 Å². The third-order valence-electron chi connectivity index (χ3n) is 3.29. The van der Waals surface area contributed by atoms with Crippen LogP contribution in [0.1, 0.15) is 33.3 Å². The van der Waals surface area contributed by atoms with Gasteiger partial charge in [0.15, 0.2) is 0 Å². The summed E-state index contributed by atoms with van der Waals surface area (Å²) in [4.78, 5) is 14.4. The van der Waals surface area contributed by atoms with E-state index in [0.717, 1.165) is 12.1 Å². The minimum atomic E-state index is -0.447. The maximum absolute atomic E-state index is 12.2. The van der Waals surface area contributed by atoms with E-state index in [-0.39, 0.29) is 18.1 Å². The van der Waals surface area contributed by atoms with Crippen molar-refractivity contribution < 1.29 is 9.53 Å². The topological polar surface area (TPSA) is 29.3 Å².